The van der Waals surface area contributed by atoms with Gasteiger partial charge in [-0.3, -0.25) is 9.59 Å². The molecule has 21 heavy (non-hydrogen) atoms. The summed E-state index contributed by atoms with van der Waals surface area (Å²) in [5.74, 6) is 0.565. The van der Waals surface area contributed by atoms with E-state index < -0.39 is 0 Å². The third-order valence-corrected chi connectivity index (χ3v) is 4.84. The topological polar surface area (TPSA) is 49.4 Å². The summed E-state index contributed by atoms with van der Waals surface area (Å²) in [6, 6.07) is -0.377. The van der Waals surface area contributed by atoms with Crippen molar-refractivity contribution in [3.63, 3.8) is 0 Å². The van der Waals surface area contributed by atoms with E-state index in [4.69, 9.17) is 0 Å². The molecule has 1 heterocycles. The monoisotopic (exact) mass is 294 g/mol. The normalized spacial score (nSPS) is 29.2. The van der Waals surface area contributed by atoms with Gasteiger partial charge in [0.2, 0.25) is 11.8 Å². The lowest BCUT2D eigenvalue weighted by atomic mass is 9.91. The van der Waals surface area contributed by atoms with Crippen molar-refractivity contribution in [2.24, 2.45) is 5.92 Å². The maximum Gasteiger partial charge on any atom is 0.246 e. The first kappa shape index (κ1) is 16.3. The van der Waals surface area contributed by atoms with E-state index in [9.17, 15) is 9.59 Å². The molecule has 0 spiro atoms. The van der Waals surface area contributed by atoms with Crippen LogP contribution >= 0.6 is 0 Å². The lowest BCUT2D eigenvalue weighted by Gasteiger charge is -2.43. The molecule has 2 unspecified atom stereocenters. The smallest absolute Gasteiger partial charge is 0.246 e. The summed E-state index contributed by atoms with van der Waals surface area (Å²) < 4.78 is 0. The number of nitrogens with zero attached hydrogens (tertiary/aromatic N) is 1. The van der Waals surface area contributed by atoms with Crippen LogP contribution in [0.25, 0.3) is 0 Å². The standard InChI is InChI=1S/C17H30N2O2/c1-12(2)11-15-17(21)19(13(3)16(20)18-15)14-9-7-5-4-6-8-10-14/h12-15H,4-11H2,1-3H3,(H,18,20). The molecule has 2 rings (SSSR count). The van der Waals surface area contributed by atoms with Crippen molar-refractivity contribution >= 4 is 11.8 Å². The van der Waals surface area contributed by atoms with Crippen LogP contribution in [0.2, 0.25) is 0 Å². The Balaban J connectivity index is 2.12. The molecule has 1 aliphatic heterocycles. The predicted octanol–water partition coefficient (Wildman–Crippen LogP) is 2.86. The summed E-state index contributed by atoms with van der Waals surface area (Å²) in [5.41, 5.74) is 0. The molecule has 0 radical (unpaired) electrons. The molecular formula is C17H30N2O2. The van der Waals surface area contributed by atoms with Crippen LogP contribution in [0.15, 0.2) is 0 Å². The third kappa shape index (κ3) is 3.98. The van der Waals surface area contributed by atoms with Crippen molar-refractivity contribution < 1.29 is 9.59 Å². The van der Waals surface area contributed by atoms with Gasteiger partial charge in [-0.1, -0.05) is 46.0 Å². The van der Waals surface area contributed by atoms with E-state index in [1.165, 1.54) is 32.1 Å². The van der Waals surface area contributed by atoms with E-state index in [1.807, 2.05) is 11.8 Å². The molecule has 2 fully saturated rings. The minimum atomic E-state index is -0.320. The number of carbonyl (C=O) groups excluding carboxylic acids is 2. The number of amides is 2. The van der Waals surface area contributed by atoms with Crippen LogP contribution in [0.5, 0.6) is 0 Å². The van der Waals surface area contributed by atoms with Crippen molar-refractivity contribution in [1.82, 2.24) is 10.2 Å². The van der Waals surface area contributed by atoms with Gasteiger partial charge >= 0.3 is 0 Å². The number of hydrogen-bond acceptors (Lipinski definition) is 2. The highest BCUT2D eigenvalue weighted by molar-refractivity contribution is 5.96. The quantitative estimate of drug-likeness (QED) is 0.870. The van der Waals surface area contributed by atoms with Gasteiger partial charge in [-0.15, -0.1) is 0 Å². The second-order valence-electron chi connectivity index (χ2n) is 7.11. The largest absolute Gasteiger partial charge is 0.343 e. The molecule has 1 saturated heterocycles. The molecule has 0 aromatic heterocycles. The van der Waals surface area contributed by atoms with Crippen LogP contribution in [0.3, 0.4) is 0 Å². The molecule has 2 aliphatic rings. The summed E-state index contributed by atoms with van der Waals surface area (Å²) in [7, 11) is 0. The fourth-order valence-corrected chi connectivity index (χ4v) is 3.69. The first-order valence-electron chi connectivity index (χ1n) is 8.63. The molecule has 0 aromatic carbocycles. The van der Waals surface area contributed by atoms with Crippen molar-refractivity contribution in [2.45, 2.75) is 90.3 Å². The average molecular weight is 294 g/mol. The van der Waals surface area contributed by atoms with E-state index >= 15 is 0 Å². The maximum atomic E-state index is 12.8. The van der Waals surface area contributed by atoms with E-state index in [-0.39, 0.29) is 29.9 Å². The van der Waals surface area contributed by atoms with Crippen molar-refractivity contribution in [3.05, 3.63) is 0 Å². The van der Waals surface area contributed by atoms with Crippen LogP contribution in [0.1, 0.15) is 72.1 Å². The lowest BCUT2D eigenvalue weighted by Crippen LogP contribution is -2.65. The Labute approximate surface area is 128 Å². The van der Waals surface area contributed by atoms with Crippen molar-refractivity contribution in [1.29, 1.82) is 0 Å². The Morgan fingerprint density at radius 2 is 1.67 bits per heavy atom. The fourth-order valence-electron chi connectivity index (χ4n) is 3.69. The minimum absolute atomic E-state index is 0.0160. The number of carbonyl (C=O) groups is 2. The second kappa shape index (κ2) is 7.28. The number of rotatable bonds is 3. The molecule has 4 nitrogen and oxygen atoms in total. The highest BCUT2D eigenvalue weighted by atomic mass is 16.2. The lowest BCUT2D eigenvalue weighted by molar-refractivity contribution is -0.152. The highest BCUT2D eigenvalue weighted by Crippen LogP contribution is 2.26. The second-order valence-corrected chi connectivity index (χ2v) is 7.11. The number of nitrogens with one attached hydrogen (secondary N) is 1. The van der Waals surface area contributed by atoms with Gasteiger partial charge in [-0.25, -0.2) is 0 Å². The molecule has 1 aliphatic carbocycles. The van der Waals surface area contributed by atoms with Crippen LogP contribution in [0, 0.1) is 5.92 Å². The molecule has 0 aromatic rings. The van der Waals surface area contributed by atoms with Gasteiger partial charge < -0.3 is 10.2 Å². The zero-order valence-corrected chi connectivity index (χ0v) is 13.7. The SMILES string of the molecule is CC(C)CC1NC(=O)C(C)N(C2CCCCCCC2)C1=O. The number of piperazine rings is 1. The zero-order chi connectivity index (χ0) is 15.4. The molecule has 2 amide bonds. The molecular weight excluding hydrogens is 264 g/mol. The Kier molecular flexibility index (Phi) is 5.65. The third-order valence-electron chi connectivity index (χ3n) is 4.84. The van der Waals surface area contributed by atoms with Gasteiger partial charge in [0.1, 0.15) is 12.1 Å². The van der Waals surface area contributed by atoms with Gasteiger partial charge in [-0.05, 0) is 32.1 Å². The molecule has 2 atom stereocenters. The van der Waals surface area contributed by atoms with Gasteiger partial charge in [0, 0.05) is 6.04 Å². The minimum Gasteiger partial charge on any atom is -0.343 e. The predicted molar refractivity (Wildman–Crippen MR) is 83.8 cm³/mol. The average Bonchev–Trinajstić information content (AvgIpc) is 2.37. The van der Waals surface area contributed by atoms with Gasteiger partial charge in [0.25, 0.3) is 0 Å². The van der Waals surface area contributed by atoms with Crippen LogP contribution in [-0.4, -0.2) is 34.8 Å². The van der Waals surface area contributed by atoms with E-state index in [2.05, 4.69) is 19.2 Å². The Bertz CT molecular complexity index is 373. The van der Waals surface area contributed by atoms with E-state index in [0.717, 1.165) is 19.3 Å². The highest BCUT2D eigenvalue weighted by Gasteiger charge is 2.41. The first-order valence-corrected chi connectivity index (χ1v) is 8.63. The molecule has 1 N–H and O–H groups in total. The summed E-state index contributed by atoms with van der Waals surface area (Å²) in [6.45, 7) is 6.06. The summed E-state index contributed by atoms with van der Waals surface area (Å²) >= 11 is 0. The Morgan fingerprint density at radius 3 is 2.24 bits per heavy atom. The summed E-state index contributed by atoms with van der Waals surface area (Å²) in [4.78, 5) is 27.0. The van der Waals surface area contributed by atoms with Crippen LogP contribution in [0.4, 0.5) is 0 Å². The molecule has 0 bridgehead atoms. The fraction of sp³-hybridized carbons (Fsp3) is 0.882. The van der Waals surface area contributed by atoms with Crippen LogP contribution < -0.4 is 5.32 Å². The van der Waals surface area contributed by atoms with E-state index in [0.29, 0.717) is 5.92 Å². The zero-order valence-electron chi connectivity index (χ0n) is 13.7. The van der Waals surface area contributed by atoms with Crippen molar-refractivity contribution in [2.75, 3.05) is 0 Å². The molecule has 4 heteroatoms. The van der Waals surface area contributed by atoms with Gasteiger partial charge in [0.15, 0.2) is 0 Å². The first-order chi connectivity index (χ1) is 10.0. The van der Waals surface area contributed by atoms with Gasteiger partial charge in [0.05, 0.1) is 0 Å². The van der Waals surface area contributed by atoms with Gasteiger partial charge in [-0.2, -0.15) is 0 Å². The van der Waals surface area contributed by atoms with Crippen molar-refractivity contribution in [3.8, 4) is 0 Å². The maximum absolute atomic E-state index is 12.8. The number of hydrogen-bond donors (Lipinski definition) is 1. The summed E-state index contributed by atoms with van der Waals surface area (Å²) in [6.07, 6.45) is 9.03. The van der Waals surface area contributed by atoms with E-state index in [1.54, 1.807) is 0 Å². The molecule has 1 saturated carbocycles. The van der Waals surface area contributed by atoms with Crippen LogP contribution in [-0.2, 0) is 9.59 Å². The Morgan fingerprint density at radius 1 is 1.10 bits per heavy atom. The summed E-state index contributed by atoms with van der Waals surface area (Å²) in [5, 5.41) is 2.91. The molecule has 120 valence electrons. The Hall–Kier alpha value is -1.06.